The van der Waals surface area contributed by atoms with E-state index in [2.05, 4.69) is 15.8 Å². The van der Waals surface area contributed by atoms with Crippen molar-refractivity contribution in [1.82, 2.24) is 5.32 Å². The molecular weight excluding hydrogens is 248 g/mol. The number of nitrogens with one attached hydrogen (secondary N) is 1. The topological polar surface area (TPSA) is 102 Å². The Morgan fingerprint density at radius 1 is 1.53 bits per heavy atom. The minimum atomic E-state index is -1.21. The minimum Gasteiger partial charge on any atom is -0.387 e. The number of alkyl carbamates (subject to hydrolysis) is 1. The number of rotatable bonds is 3. The highest BCUT2D eigenvalue weighted by Crippen LogP contribution is 2.16. The molecule has 0 bridgehead atoms. The molecule has 92 valence electrons. The fourth-order valence-corrected chi connectivity index (χ4v) is 1.34. The number of carbonyl (C=O) groups is 2. The summed E-state index contributed by atoms with van der Waals surface area (Å²) >= 11 is 5.74. The third-order valence-electron chi connectivity index (χ3n) is 1.87. The normalized spacial score (nSPS) is 11.6. The number of hydrogen-bond acceptors (Lipinski definition) is 4. The summed E-state index contributed by atoms with van der Waals surface area (Å²) in [6, 6.07) is 6.54. The van der Waals surface area contributed by atoms with Crippen molar-refractivity contribution in [1.29, 1.82) is 0 Å². The van der Waals surface area contributed by atoms with Gasteiger partial charge in [0.1, 0.15) is 0 Å². The average molecular weight is 259 g/mol. The van der Waals surface area contributed by atoms with E-state index in [4.69, 9.17) is 11.6 Å². The van der Waals surface area contributed by atoms with Gasteiger partial charge in [0.05, 0.1) is 12.6 Å². The first-order valence-corrected chi connectivity index (χ1v) is 5.05. The van der Waals surface area contributed by atoms with E-state index in [1.165, 1.54) is 0 Å². The van der Waals surface area contributed by atoms with Crippen LogP contribution in [0.5, 0.6) is 0 Å². The van der Waals surface area contributed by atoms with E-state index in [1.807, 2.05) is 0 Å². The molecule has 1 atom stereocenters. The molecule has 0 saturated heterocycles. The predicted molar refractivity (Wildman–Crippen MR) is 60.5 cm³/mol. The molecule has 7 heteroatoms. The number of hydrogen-bond donors (Lipinski definition) is 3. The molecule has 0 saturated carbocycles. The van der Waals surface area contributed by atoms with Gasteiger partial charge in [0.15, 0.2) is 0 Å². The fraction of sp³-hybridized carbons (Fsp3) is 0.200. The summed E-state index contributed by atoms with van der Waals surface area (Å²) in [4.78, 5) is 21.1. The third kappa shape index (κ3) is 4.71. The Labute approximate surface area is 102 Å². The van der Waals surface area contributed by atoms with Crippen molar-refractivity contribution in [2.75, 3.05) is 6.54 Å². The number of aliphatic hydroxyl groups is 1. The van der Waals surface area contributed by atoms with Crippen LogP contribution < -0.4 is 11.1 Å². The van der Waals surface area contributed by atoms with Crippen molar-refractivity contribution >= 4 is 23.8 Å². The number of aliphatic hydroxyl groups excluding tert-OH is 1. The summed E-state index contributed by atoms with van der Waals surface area (Å²) in [5, 5.41) is 12.3. The van der Waals surface area contributed by atoms with Crippen molar-refractivity contribution in [2.24, 2.45) is 5.73 Å². The molecule has 1 rings (SSSR count). The Balaban J connectivity index is 2.47. The molecular formula is C10H11ClN2O4. The number of halogens is 1. The monoisotopic (exact) mass is 258 g/mol. The predicted octanol–water partition coefficient (Wildman–Crippen LogP) is 1.18. The van der Waals surface area contributed by atoms with Gasteiger partial charge in [-0.15, -0.1) is 0 Å². The minimum absolute atomic E-state index is 0.119. The highest BCUT2D eigenvalue weighted by molar-refractivity contribution is 6.30. The molecule has 0 unspecified atom stereocenters. The van der Waals surface area contributed by atoms with Gasteiger partial charge in [-0.1, -0.05) is 23.7 Å². The van der Waals surface area contributed by atoms with Gasteiger partial charge in [-0.25, -0.2) is 9.59 Å². The second kappa shape index (κ2) is 6.07. The third-order valence-corrected chi connectivity index (χ3v) is 2.10. The molecule has 0 aliphatic rings. The van der Waals surface area contributed by atoms with E-state index in [1.54, 1.807) is 24.3 Å². The molecule has 4 N–H and O–H groups in total. The lowest BCUT2D eigenvalue weighted by Crippen LogP contribution is -2.32. The molecule has 0 radical (unpaired) electrons. The Bertz CT molecular complexity index is 425. The maximum atomic E-state index is 10.9. The van der Waals surface area contributed by atoms with Gasteiger partial charge in [0.25, 0.3) is 0 Å². The summed E-state index contributed by atoms with van der Waals surface area (Å²) in [6.07, 6.45) is -3.17. The second-order valence-corrected chi connectivity index (χ2v) is 3.60. The van der Waals surface area contributed by atoms with E-state index in [-0.39, 0.29) is 6.54 Å². The van der Waals surface area contributed by atoms with Crippen LogP contribution in [0.25, 0.3) is 0 Å². The first-order chi connectivity index (χ1) is 7.99. The summed E-state index contributed by atoms with van der Waals surface area (Å²) in [5.41, 5.74) is 5.17. The SMILES string of the molecule is NC(=O)OC(=O)NC[C@@H](O)c1cccc(Cl)c1. The molecule has 2 amide bonds. The van der Waals surface area contributed by atoms with Crippen molar-refractivity contribution in [3.05, 3.63) is 34.9 Å². The number of nitrogens with two attached hydrogens (primary N) is 1. The zero-order valence-corrected chi connectivity index (χ0v) is 9.48. The highest BCUT2D eigenvalue weighted by Gasteiger charge is 2.11. The van der Waals surface area contributed by atoms with Crippen molar-refractivity contribution in [3.8, 4) is 0 Å². The average Bonchev–Trinajstić information content (AvgIpc) is 2.25. The largest absolute Gasteiger partial charge is 0.416 e. The molecule has 0 spiro atoms. The Morgan fingerprint density at radius 2 is 2.24 bits per heavy atom. The lowest BCUT2D eigenvalue weighted by molar-refractivity contribution is 0.142. The van der Waals surface area contributed by atoms with Crippen molar-refractivity contribution in [2.45, 2.75) is 6.10 Å². The maximum Gasteiger partial charge on any atom is 0.416 e. The molecule has 0 aliphatic heterocycles. The van der Waals surface area contributed by atoms with Crippen LogP contribution in [0.1, 0.15) is 11.7 Å². The van der Waals surface area contributed by atoms with Crippen molar-refractivity contribution < 1.29 is 19.4 Å². The molecule has 1 aromatic carbocycles. The summed E-state index contributed by atoms with van der Waals surface area (Å²) in [7, 11) is 0. The zero-order chi connectivity index (χ0) is 12.8. The summed E-state index contributed by atoms with van der Waals surface area (Å²) in [5.74, 6) is 0. The van der Waals surface area contributed by atoms with Crippen LogP contribution in [0.4, 0.5) is 9.59 Å². The van der Waals surface area contributed by atoms with Crippen molar-refractivity contribution in [3.63, 3.8) is 0 Å². The van der Waals surface area contributed by atoms with Crippen LogP contribution in [0.2, 0.25) is 5.02 Å². The first kappa shape index (κ1) is 13.3. The molecule has 0 aliphatic carbocycles. The lowest BCUT2D eigenvalue weighted by atomic mass is 10.1. The Kier molecular flexibility index (Phi) is 4.74. The molecule has 0 fully saturated rings. The van der Waals surface area contributed by atoms with E-state index in [0.29, 0.717) is 10.6 Å². The number of primary amides is 1. The number of benzene rings is 1. The van der Waals surface area contributed by atoms with Crippen LogP contribution in [0.3, 0.4) is 0 Å². The van der Waals surface area contributed by atoms with Gasteiger partial charge in [-0.05, 0) is 17.7 Å². The first-order valence-electron chi connectivity index (χ1n) is 4.67. The van der Waals surface area contributed by atoms with Crippen LogP contribution in [0, 0.1) is 0 Å². The van der Waals surface area contributed by atoms with E-state index in [0.717, 1.165) is 0 Å². The van der Waals surface area contributed by atoms with Crippen LogP contribution in [-0.2, 0) is 4.74 Å². The van der Waals surface area contributed by atoms with Crippen LogP contribution in [-0.4, -0.2) is 23.8 Å². The van der Waals surface area contributed by atoms with E-state index < -0.39 is 18.3 Å². The molecule has 6 nitrogen and oxygen atoms in total. The van der Waals surface area contributed by atoms with Gasteiger partial charge in [0, 0.05) is 5.02 Å². The Morgan fingerprint density at radius 3 is 2.82 bits per heavy atom. The molecule has 1 aromatic rings. The highest BCUT2D eigenvalue weighted by atomic mass is 35.5. The van der Waals surface area contributed by atoms with Crippen LogP contribution in [0.15, 0.2) is 24.3 Å². The standard InChI is InChI=1S/C10H11ClN2O4/c11-7-3-1-2-6(4-7)8(14)5-13-10(16)17-9(12)15/h1-4,8,14H,5H2,(H2,12,15)(H,13,16)/t8-/m1/s1. The van der Waals surface area contributed by atoms with Gasteiger partial charge >= 0.3 is 12.2 Å². The Hall–Kier alpha value is -1.79. The number of ether oxygens (including phenoxy) is 1. The van der Waals surface area contributed by atoms with Gasteiger partial charge in [0.2, 0.25) is 0 Å². The maximum absolute atomic E-state index is 10.9. The van der Waals surface area contributed by atoms with E-state index >= 15 is 0 Å². The zero-order valence-electron chi connectivity index (χ0n) is 8.72. The van der Waals surface area contributed by atoms with Crippen LogP contribution >= 0.6 is 11.6 Å². The summed E-state index contributed by atoms with van der Waals surface area (Å²) in [6.45, 7) is -0.119. The van der Waals surface area contributed by atoms with Gasteiger partial charge in [-0.3, -0.25) is 0 Å². The lowest BCUT2D eigenvalue weighted by Gasteiger charge is -2.11. The molecule has 0 aromatic heterocycles. The van der Waals surface area contributed by atoms with Gasteiger partial charge < -0.3 is 20.9 Å². The second-order valence-electron chi connectivity index (χ2n) is 3.16. The smallest absolute Gasteiger partial charge is 0.387 e. The number of amides is 2. The number of carbonyl (C=O) groups excluding carboxylic acids is 2. The molecule has 0 heterocycles. The quantitative estimate of drug-likeness (QED) is 0.709. The molecule has 17 heavy (non-hydrogen) atoms. The van der Waals surface area contributed by atoms with E-state index in [9.17, 15) is 14.7 Å². The van der Waals surface area contributed by atoms with Gasteiger partial charge in [-0.2, -0.15) is 0 Å². The fourth-order valence-electron chi connectivity index (χ4n) is 1.14. The summed E-state index contributed by atoms with van der Waals surface area (Å²) < 4.78 is 4.01.